The Balaban J connectivity index is 1.77. The molecule has 0 spiro atoms. The summed E-state index contributed by atoms with van der Waals surface area (Å²) >= 11 is 18.7. The molecule has 1 heterocycles. The van der Waals surface area contributed by atoms with Crippen molar-refractivity contribution in [2.75, 3.05) is 4.90 Å². The van der Waals surface area contributed by atoms with Crippen LogP contribution in [-0.2, 0) is 4.79 Å². The molecule has 0 amide bonds. The number of rotatable bonds is 4. The van der Waals surface area contributed by atoms with Gasteiger partial charge >= 0.3 is 0 Å². The maximum Gasteiger partial charge on any atom is 0.288 e. The molecule has 0 aromatic heterocycles. The standard InChI is InChI=1S/C28H19Cl3N4O3/c29-18-11-19(30)13-20(12-18)34-24-9-17(15-4-2-1-3-5-15)10-25(36)27(24)26(21(14-32)28(34)33)16-6-7-22(31)23(8-16)35(37)38/h1-8,11-13,17,26H,9-10,33H2. The monoisotopic (exact) mass is 564 g/mol. The maximum absolute atomic E-state index is 13.9. The predicted octanol–water partition coefficient (Wildman–Crippen LogP) is 7.25. The molecule has 1 aliphatic carbocycles. The van der Waals surface area contributed by atoms with Crippen molar-refractivity contribution in [3.63, 3.8) is 0 Å². The molecule has 1 aliphatic heterocycles. The van der Waals surface area contributed by atoms with Crippen molar-refractivity contribution in [3.05, 3.63) is 126 Å². The highest BCUT2D eigenvalue weighted by atomic mass is 35.5. The second-order valence-corrected chi connectivity index (χ2v) is 10.4. The van der Waals surface area contributed by atoms with Crippen LogP contribution in [0.25, 0.3) is 0 Å². The first kappa shape index (κ1) is 25.8. The van der Waals surface area contributed by atoms with Gasteiger partial charge in [-0.3, -0.25) is 19.8 Å². The molecule has 0 saturated carbocycles. The van der Waals surface area contributed by atoms with Crippen LogP contribution in [0.5, 0.6) is 0 Å². The van der Waals surface area contributed by atoms with Gasteiger partial charge in [-0.25, -0.2) is 0 Å². The fraction of sp³-hybridized carbons (Fsp3) is 0.143. The highest BCUT2D eigenvalue weighted by molar-refractivity contribution is 6.35. The largest absolute Gasteiger partial charge is 0.384 e. The van der Waals surface area contributed by atoms with Crippen LogP contribution in [0.3, 0.4) is 0 Å². The summed E-state index contributed by atoms with van der Waals surface area (Å²) in [6.45, 7) is 0. The van der Waals surface area contributed by atoms with Crippen LogP contribution in [0.1, 0.15) is 35.8 Å². The molecule has 2 N–H and O–H groups in total. The van der Waals surface area contributed by atoms with E-state index in [9.17, 15) is 20.2 Å². The molecule has 7 nitrogen and oxygen atoms in total. The summed E-state index contributed by atoms with van der Waals surface area (Å²) in [5.41, 5.74) is 9.23. The molecule has 38 heavy (non-hydrogen) atoms. The third kappa shape index (κ3) is 4.52. The summed E-state index contributed by atoms with van der Waals surface area (Å²) in [4.78, 5) is 26.6. The fourth-order valence-electron chi connectivity index (χ4n) is 5.24. The number of carbonyl (C=O) groups excluding carboxylic acids is 1. The Bertz CT molecular complexity index is 1570. The molecule has 3 aromatic carbocycles. The number of benzene rings is 3. The Hall–Kier alpha value is -3.83. The lowest BCUT2D eigenvalue weighted by molar-refractivity contribution is -0.384. The number of allylic oxidation sites excluding steroid dienone is 3. The van der Waals surface area contributed by atoms with Crippen LogP contribution in [0.4, 0.5) is 11.4 Å². The Labute approximate surface area is 233 Å². The third-order valence-corrected chi connectivity index (χ3v) is 7.60. The lowest BCUT2D eigenvalue weighted by Crippen LogP contribution is -2.40. The van der Waals surface area contributed by atoms with Crippen molar-refractivity contribution in [2.45, 2.75) is 24.7 Å². The second kappa shape index (κ2) is 10.1. The van der Waals surface area contributed by atoms with Crippen molar-refractivity contribution in [3.8, 4) is 6.07 Å². The van der Waals surface area contributed by atoms with Crippen molar-refractivity contribution in [1.29, 1.82) is 5.26 Å². The minimum atomic E-state index is -0.902. The van der Waals surface area contributed by atoms with Crippen molar-refractivity contribution in [2.24, 2.45) is 5.73 Å². The highest BCUT2D eigenvalue weighted by Crippen LogP contribution is 2.50. The second-order valence-electron chi connectivity index (χ2n) is 9.07. The molecule has 2 aliphatic rings. The van der Waals surface area contributed by atoms with Crippen LogP contribution < -0.4 is 10.6 Å². The first-order chi connectivity index (χ1) is 18.2. The van der Waals surface area contributed by atoms with Crippen LogP contribution in [0, 0.1) is 21.4 Å². The van der Waals surface area contributed by atoms with Gasteiger partial charge in [0, 0.05) is 33.8 Å². The molecule has 0 saturated heterocycles. The Morgan fingerprint density at radius 3 is 2.29 bits per heavy atom. The number of nitrogens with two attached hydrogens (primary N) is 1. The molecule has 5 rings (SSSR count). The Morgan fingerprint density at radius 2 is 1.66 bits per heavy atom. The van der Waals surface area contributed by atoms with Crippen molar-refractivity contribution < 1.29 is 9.72 Å². The zero-order chi connectivity index (χ0) is 27.1. The van der Waals surface area contributed by atoms with Gasteiger partial charge in [-0.15, -0.1) is 0 Å². The molecule has 0 radical (unpaired) electrons. The summed E-state index contributed by atoms with van der Waals surface area (Å²) in [6, 6.07) is 21.0. The quantitative estimate of drug-likeness (QED) is 0.263. The van der Waals surface area contributed by atoms with Gasteiger partial charge in [0.2, 0.25) is 0 Å². The molecular weight excluding hydrogens is 547 g/mol. The van der Waals surface area contributed by atoms with Crippen LogP contribution in [0.15, 0.2) is 89.4 Å². The molecule has 0 fully saturated rings. The first-order valence-corrected chi connectivity index (χ1v) is 12.7. The number of anilines is 1. The van der Waals surface area contributed by atoms with E-state index in [2.05, 4.69) is 6.07 Å². The number of nitro groups is 1. The minimum absolute atomic E-state index is 0.0477. The van der Waals surface area contributed by atoms with E-state index >= 15 is 0 Å². The number of halogens is 3. The smallest absolute Gasteiger partial charge is 0.288 e. The topological polar surface area (TPSA) is 113 Å². The minimum Gasteiger partial charge on any atom is -0.384 e. The number of carbonyl (C=O) groups is 1. The van der Waals surface area contributed by atoms with E-state index in [1.54, 1.807) is 29.2 Å². The summed E-state index contributed by atoms with van der Waals surface area (Å²) in [6.07, 6.45) is 0.637. The van der Waals surface area contributed by atoms with Gasteiger partial charge in [0.25, 0.3) is 5.69 Å². The van der Waals surface area contributed by atoms with E-state index in [1.807, 2.05) is 30.3 Å². The van der Waals surface area contributed by atoms with Gasteiger partial charge in [0.15, 0.2) is 5.78 Å². The molecule has 0 bridgehead atoms. The van der Waals surface area contributed by atoms with Gasteiger partial charge < -0.3 is 5.73 Å². The van der Waals surface area contributed by atoms with Crippen molar-refractivity contribution in [1.82, 2.24) is 0 Å². The number of ketones is 1. The van der Waals surface area contributed by atoms with E-state index in [4.69, 9.17) is 40.5 Å². The average molecular weight is 566 g/mol. The van der Waals surface area contributed by atoms with E-state index in [0.29, 0.717) is 39.0 Å². The fourth-order valence-corrected chi connectivity index (χ4v) is 5.94. The molecule has 2 atom stereocenters. The van der Waals surface area contributed by atoms with Crippen molar-refractivity contribution >= 4 is 52.0 Å². The zero-order valence-electron chi connectivity index (χ0n) is 19.7. The zero-order valence-corrected chi connectivity index (χ0v) is 22.0. The summed E-state index contributed by atoms with van der Waals surface area (Å²) in [5, 5.41) is 22.5. The SMILES string of the molecule is N#CC1=C(N)N(c2cc(Cl)cc(Cl)c2)C2=C(C(=O)CC(c3ccccc3)C2)C1c1ccc(Cl)c([N+](=O)[O-])c1. The van der Waals surface area contributed by atoms with Gasteiger partial charge in [-0.2, -0.15) is 5.26 Å². The summed E-state index contributed by atoms with van der Waals surface area (Å²) < 4.78 is 0. The molecular formula is C28H19Cl3N4O3. The van der Waals surface area contributed by atoms with E-state index in [0.717, 1.165) is 5.56 Å². The summed E-state index contributed by atoms with van der Waals surface area (Å²) in [5.74, 6) is -1.13. The third-order valence-electron chi connectivity index (χ3n) is 6.84. The molecule has 3 aromatic rings. The normalized spacial score (nSPS) is 19.3. The van der Waals surface area contributed by atoms with Gasteiger partial charge in [-0.05, 0) is 47.7 Å². The molecule has 2 unspecified atom stereocenters. The van der Waals surface area contributed by atoms with Gasteiger partial charge in [0.05, 0.1) is 28.2 Å². The van der Waals surface area contributed by atoms with Gasteiger partial charge in [-0.1, -0.05) is 71.2 Å². The van der Waals surface area contributed by atoms with E-state index < -0.39 is 10.8 Å². The van der Waals surface area contributed by atoms with Crippen LogP contribution in [0.2, 0.25) is 15.1 Å². The number of nitriles is 1. The number of nitro benzene ring substituents is 1. The molecule has 10 heteroatoms. The predicted molar refractivity (Wildman–Crippen MR) is 147 cm³/mol. The van der Waals surface area contributed by atoms with E-state index in [-0.39, 0.29) is 40.2 Å². The number of nitrogens with zero attached hydrogens (tertiary/aromatic N) is 3. The lowest BCUT2D eigenvalue weighted by Gasteiger charge is -2.41. The van der Waals surface area contributed by atoms with E-state index in [1.165, 1.54) is 12.1 Å². The number of Topliss-reactive ketones (excluding diaryl/α,β-unsaturated/α-hetero) is 1. The van der Waals surface area contributed by atoms with Crippen LogP contribution >= 0.6 is 34.8 Å². The molecule has 190 valence electrons. The number of hydrogen-bond donors (Lipinski definition) is 1. The average Bonchev–Trinajstić information content (AvgIpc) is 2.88. The van der Waals surface area contributed by atoms with Gasteiger partial charge in [0.1, 0.15) is 10.8 Å². The maximum atomic E-state index is 13.9. The number of hydrogen-bond acceptors (Lipinski definition) is 6. The first-order valence-electron chi connectivity index (χ1n) is 11.6. The Kier molecular flexibility index (Phi) is 6.89. The Morgan fingerprint density at radius 1 is 0.974 bits per heavy atom. The lowest BCUT2D eigenvalue weighted by atomic mass is 9.71. The highest BCUT2D eigenvalue weighted by Gasteiger charge is 2.43. The summed E-state index contributed by atoms with van der Waals surface area (Å²) in [7, 11) is 0. The van der Waals surface area contributed by atoms with Crippen LogP contribution in [-0.4, -0.2) is 10.7 Å².